The van der Waals surface area contributed by atoms with Crippen molar-refractivity contribution in [1.82, 2.24) is 9.97 Å². The van der Waals surface area contributed by atoms with Crippen LogP contribution in [0.1, 0.15) is 20.9 Å². The molecule has 0 saturated heterocycles. The normalized spacial score (nSPS) is 10.8. The Morgan fingerprint density at radius 2 is 2.10 bits per heavy atom. The van der Waals surface area contributed by atoms with Crippen molar-refractivity contribution in [3.05, 3.63) is 52.4 Å². The minimum atomic E-state index is -0.343. The Bertz CT molecular complexity index is 844. The van der Waals surface area contributed by atoms with Gasteiger partial charge in [-0.05, 0) is 32.0 Å². The van der Waals surface area contributed by atoms with Gasteiger partial charge in [-0.15, -0.1) is 11.3 Å². The number of benzene rings is 1. The summed E-state index contributed by atoms with van der Waals surface area (Å²) in [5.74, 6) is -0.606. The topological polar surface area (TPSA) is 54.9 Å². The van der Waals surface area contributed by atoms with Gasteiger partial charge in [-0.1, -0.05) is 0 Å². The van der Waals surface area contributed by atoms with E-state index in [1.165, 1.54) is 23.5 Å². The van der Waals surface area contributed by atoms with E-state index in [1.807, 2.05) is 6.92 Å². The highest BCUT2D eigenvalue weighted by Crippen LogP contribution is 2.21. The van der Waals surface area contributed by atoms with Crippen LogP contribution in [-0.4, -0.2) is 15.9 Å². The molecule has 0 aliphatic heterocycles. The number of aryl methyl sites for hydroxylation is 2. The van der Waals surface area contributed by atoms with Crippen LogP contribution in [0.15, 0.2) is 30.5 Å². The van der Waals surface area contributed by atoms with Crippen molar-refractivity contribution in [3.63, 3.8) is 0 Å². The molecule has 0 aliphatic rings. The molecule has 0 spiro atoms. The lowest BCUT2D eigenvalue weighted by molar-refractivity contribution is 0.102. The van der Waals surface area contributed by atoms with E-state index < -0.39 is 0 Å². The van der Waals surface area contributed by atoms with Crippen LogP contribution in [0.5, 0.6) is 0 Å². The van der Waals surface area contributed by atoms with Gasteiger partial charge in [0.2, 0.25) is 0 Å². The smallest absolute Gasteiger partial charge is 0.259 e. The predicted octanol–water partition coefficient (Wildman–Crippen LogP) is 3.70. The highest BCUT2D eigenvalue weighted by atomic mass is 32.1. The molecule has 0 saturated carbocycles. The average molecular weight is 301 g/mol. The molecule has 0 fully saturated rings. The molecule has 0 radical (unpaired) electrons. The summed E-state index contributed by atoms with van der Waals surface area (Å²) in [4.78, 5) is 21.7. The Kier molecular flexibility index (Phi) is 3.39. The van der Waals surface area contributed by atoms with Gasteiger partial charge in [-0.25, -0.2) is 9.37 Å². The second-order valence-electron chi connectivity index (χ2n) is 4.69. The summed E-state index contributed by atoms with van der Waals surface area (Å²) in [7, 11) is 0. The second kappa shape index (κ2) is 5.21. The van der Waals surface area contributed by atoms with Crippen LogP contribution < -0.4 is 5.32 Å². The Balaban J connectivity index is 1.97. The zero-order valence-corrected chi connectivity index (χ0v) is 12.3. The zero-order valence-electron chi connectivity index (χ0n) is 11.5. The number of anilines is 1. The molecule has 3 aromatic rings. The number of aromatic nitrogens is 2. The van der Waals surface area contributed by atoms with Crippen molar-refractivity contribution in [2.24, 2.45) is 0 Å². The van der Waals surface area contributed by atoms with Crippen LogP contribution in [0.2, 0.25) is 0 Å². The Morgan fingerprint density at radius 3 is 2.81 bits per heavy atom. The fourth-order valence-electron chi connectivity index (χ4n) is 2.04. The maximum atomic E-state index is 13.2. The van der Waals surface area contributed by atoms with Crippen LogP contribution in [0.4, 0.5) is 9.52 Å². The summed E-state index contributed by atoms with van der Waals surface area (Å²) in [6.07, 6.45) is 1.70. The van der Waals surface area contributed by atoms with E-state index in [4.69, 9.17) is 0 Å². The first-order valence-electron chi connectivity index (χ1n) is 6.33. The molecule has 106 valence electrons. The van der Waals surface area contributed by atoms with Gasteiger partial charge in [0.1, 0.15) is 5.82 Å². The van der Waals surface area contributed by atoms with E-state index >= 15 is 0 Å². The minimum Gasteiger partial charge on any atom is -0.298 e. The number of halogens is 1. The summed E-state index contributed by atoms with van der Waals surface area (Å²) in [5.41, 5.74) is 1.55. The standard InChI is InChI=1S/C15H12FN3OS/c1-8-7-17-15(21-8)19-14(20)12-5-10-3-4-11(16)6-13(10)18-9(12)2/h3-7H,1-2H3,(H,17,19,20). The van der Waals surface area contributed by atoms with Gasteiger partial charge >= 0.3 is 0 Å². The van der Waals surface area contributed by atoms with Gasteiger partial charge in [0.15, 0.2) is 5.13 Å². The van der Waals surface area contributed by atoms with Crippen LogP contribution in [0.3, 0.4) is 0 Å². The fourth-order valence-corrected chi connectivity index (χ4v) is 2.70. The van der Waals surface area contributed by atoms with Gasteiger partial charge in [0.05, 0.1) is 16.8 Å². The van der Waals surface area contributed by atoms with Gasteiger partial charge in [-0.3, -0.25) is 15.1 Å². The molecule has 0 bridgehead atoms. The molecular formula is C15H12FN3OS. The van der Waals surface area contributed by atoms with E-state index in [0.717, 1.165) is 10.3 Å². The van der Waals surface area contributed by atoms with Crippen molar-refractivity contribution in [2.75, 3.05) is 5.32 Å². The Hall–Kier alpha value is -2.34. The number of nitrogens with zero attached hydrogens (tertiary/aromatic N) is 2. The number of amides is 1. The first kappa shape index (κ1) is 13.6. The molecule has 3 rings (SSSR count). The number of fused-ring (bicyclic) bond motifs is 1. The lowest BCUT2D eigenvalue weighted by Gasteiger charge is -2.07. The quantitative estimate of drug-likeness (QED) is 0.785. The largest absolute Gasteiger partial charge is 0.298 e. The molecule has 2 aromatic heterocycles. The van der Waals surface area contributed by atoms with Gasteiger partial charge in [0, 0.05) is 22.5 Å². The SMILES string of the molecule is Cc1cnc(NC(=O)c2cc3ccc(F)cc3nc2C)s1. The Labute approximate surface area is 124 Å². The lowest BCUT2D eigenvalue weighted by atomic mass is 10.1. The minimum absolute atomic E-state index is 0.263. The monoisotopic (exact) mass is 301 g/mol. The summed E-state index contributed by atoms with van der Waals surface area (Å²) in [6.45, 7) is 3.65. The summed E-state index contributed by atoms with van der Waals surface area (Å²) in [6, 6.07) is 6.04. The van der Waals surface area contributed by atoms with Crippen LogP contribution in [0.25, 0.3) is 10.9 Å². The van der Waals surface area contributed by atoms with E-state index in [1.54, 1.807) is 25.3 Å². The molecule has 4 nitrogen and oxygen atoms in total. The molecule has 1 amide bonds. The summed E-state index contributed by atoms with van der Waals surface area (Å²) in [5, 5.41) is 4.03. The number of hydrogen-bond donors (Lipinski definition) is 1. The molecule has 6 heteroatoms. The number of carbonyl (C=O) groups is 1. The first-order chi connectivity index (χ1) is 10.0. The molecular weight excluding hydrogens is 289 g/mol. The number of thiazole rings is 1. The highest BCUT2D eigenvalue weighted by molar-refractivity contribution is 7.15. The van der Waals surface area contributed by atoms with E-state index in [0.29, 0.717) is 21.9 Å². The van der Waals surface area contributed by atoms with Gasteiger partial charge < -0.3 is 0 Å². The highest BCUT2D eigenvalue weighted by Gasteiger charge is 2.13. The third-order valence-electron chi connectivity index (χ3n) is 3.06. The first-order valence-corrected chi connectivity index (χ1v) is 7.15. The van der Waals surface area contributed by atoms with Crippen molar-refractivity contribution < 1.29 is 9.18 Å². The van der Waals surface area contributed by atoms with E-state index in [-0.39, 0.29) is 11.7 Å². The molecule has 0 atom stereocenters. The van der Waals surface area contributed by atoms with Gasteiger partial charge in [0.25, 0.3) is 5.91 Å². The molecule has 1 aromatic carbocycles. The van der Waals surface area contributed by atoms with Crippen LogP contribution in [0, 0.1) is 19.7 Å². The molecule has 0 aliphatic carbocycles. The van der Waals surface area contributed by atoms with Crippen molar-refractivity contribution in [3.8, 4) is 0 Å². The third kappa shape index (κ3) is 2.75. The average Bonchev–Trinajstić information content (AvgIpc) is 2.83. The maximum absolute atomic E-state index is 13.2. The molecule has 0 unspecified atom stereocenters. The summed E-state index contributed by atoms with van der Waals surface area (Å²) >= 11 is 1.41. The van der Waals surface area contributed by atoms with Crippen LogP contribution in [-0.2, 0) is 0 Å². The molecule has 21 heavy (non-hydrogen) atoms. The lowest BCUT2D eigenvalue weighted by Crippen LogP contribution is -2.14. The zero-order chi connectivity index (χ0) is 15.0. The summed E-state index contributed by atoms with van der Waals surface area (Å²) < 4.78 is 13.2. The predicted molar refractivity (Wildman–Crippen MR) is 81.2 cm³/mol. The number of pyridine rings is 1. The third-order valence-corrected chi connectivity index (χ3v) is 3.88. The Morgan fingerprint density at radius 1 is 1.29 bits per heavy atom. The van der Waals surface area contributed by atoms with E-state index in [2.05, 4.69) is 15.3 Å². The molecule has 2 heterocycles. The number of carbonyl (C=O) groups excluding carboxylic acids is 1. The number of nitrogens with one attached hydrogen (secondary N) is 1. The van der Waals surface area contributed by atoms with Crippen molar-refractivity contribution >= 4 is 33.3 Å². The maximum Gasteiger partial charge on any atom is 0.259 e. The fraction of sp³-hybridized carbons (Fsp3) is 0.133. The number of rotatable bonds is 2. The molecule has 1 N–H and O–H groups in total. The van der Waals surface area contributed by atoms with Gasteiger partial charge in [-0.2, -0.15) is 0 Å². The van der Waals surface area contributed by atoms with E-state index in [9.17, 15) is 9.18 Å². The number of hydrogen-bond acceptors (Lipinski definition) is 4. The second-order valence-corrected chi connectivity index (χ2v) is 5.92. The van der Waals surface area contributed by atoms with Crippen molar-refractivity contribution in [2.45, 2.75) is 13.8 Å². The van der Waals surface area contributed by atoms with Crippen molar-refractivity contribution in [1.29, 1.82) is 0 Å². The van der Waals surface area contributed by atoms with Crippen LogP contribution >= 0.6 is 11.3 Å².